The number of likely N-dealkylation sites (N-methyl/N-ethyl adjacent to an activating group) is 1. The fourth-order valence-electron chi connectivity index (χ4n) is 1.29. The quantitative estimate of drug-likeness (QED) is 0.866. The molecular weight excluding hydrogens is 214 g/mol. The minimum atomic E-state index is 0.364. The number of nitrogens with one attached hydrogen (secondary N) is 1. The van der Waals surface area contributed by atoms with Gasteiger partial charge in [0.15, 0.2) is 0 Å². The summed E-state index contributed by atoms with van der Waals surface area (Å²) in [5, 5.41) is 3.29. The minimum Gasteiger partial charge on any atom is -0.312 e. The summed E-state index contributed by atoms with van der Waals surface area (Å²) < 4.78 is 0. The molecule has 3 nitrogen and oxygen atoms in total. The van der Waals surface area contributed by atoms with E-state index < -0.39 is 0 Å². The van der Waals surface area contributed by atoms with E-state index >= 15 is 0 Å². The molecule has 0 saturated carbocycles. The van der Waals surface area contributed by atoms with Gasteiger partial charge in [0, 0.05) is 34.6 Å². The summed E-state index contributed by atoms with van der Waals surface area (Å²) in [5.74, 6) is 0. The Balaban J connectivity index is 2.08. The van der Waals surface area contributed by atoms with Crippen molar-refractivity contribution < 1.29 is 0 Å². The van der Waals surface area contributed by atoms with E-state index in [1.807, 2.05) is 30.5 Å². The van der Waals surface area contributed by atoms with Crippen molar-refractivity contribution in [1.29, 1.82) is 0 Å². The number of rotatable bonds is 4. The van der Waals surface area contributed by atoms with Crippen LogP contribution in [0.1, 0.15) is 15.8 Å². The van der Waals surface area contributed by atoms with Crippen molar-refractivity contribution in [3.8, 4) is 0 Å². The van der Waals surface area contributed by atoms with Crippen LogP contribution >= 0.6 is 22.7 Å². The second-order valence-corrected chi connectivity index (χ2v) is 4.81. The number of hydrogen-bond donors (Lipinski definition) is 1. The van der Waals surface area contributed by atoms with Crippen LogP contribution in [0.3, 0.4) is 0 Å². The van der Waals surface area contributed by atoms with E-state index in [2.05, 4.69) is 15.3 Å². The molecule has 0 spiro atoms. The summed E-state index contributed by atoms with van der Waals surface area (Å²) in [7, 11) is 1.98. The second-order valence-electron chi connectivity index (χ2n) is 2.92. The van der Waals surface area contributed by atoms with Crippen molar-refractivity contribution >= 4 is 22.7 Å². The average molecular weight is 225 g/mol. The van der Waals surface area contributed by atoms with Gasteiger partial charge < -0.3 is 5.32 Å². The molecular formula is C9H11N3S2. The average Bonchev–Trinajstić information content (AvgIpc) is 2.86. The van der Waals surface area contributed by atoms with E-state index in [4.69, 9.17) is 0 Å². The standard InChI is InChI=1S/C9H11N3S2/c1-10-8(9-4-12-6-14-9)2-7-3-11-5-13-7/h3-6,8,10H,2H2,1H3. The van der Waals surface area contributed by atoms with Gasteiger partial charge in [-0.05, 0) is 7.05 Å². The zero-order valence-corrected chi connectivity index (χ0v) is 9.44. The normalized spacial score (nSPS) is 12.9. The van der Waals surface area contributed by atoms with E-state index in [-0.39, 0.29) is 0 Å². The van der Waals surface area contributed by atoms with Gasteiger partial charge in [0.1, 0.15) is 0 Å². The van der Waals surface area contributed by atoms with E-state index in [9.17, 15) is 0 Å². The fraction of sp³-hybridized carbons (Fsp3) is 0.333. The molecule has 0 aliphatic heterocycles. The Hall–Kier alpha value is -0.780. The van der Waals surface area contributed by atoms with Crippen molar-refractivity contribution in [2.75, 3.05) is 7.05 Å². The van der Waals surface area contributed by atoms with Crippen LogP contribution < -0.4 is 5.32 Å². The highest BCUT2D eigenvalue weighted by Gasteiger charge is 2.12. The van der Waals surface area contributed by atoms with E-state index in [0.717, 1.165) is 6.42 Å². The largest absolute Gasteiger partial charge is 0.312 e. The first-order chi connectivity index (χ1) is 6.90. The van der Waals surface area contributed by atoms with Crippen molar-refractivity contribution in [3.05, 3.63) is 33.2 Å². The first-order valence-corrected chi connectivity index (χ1v) is 6.09. The number of hydrogen-bond acceptors (Lipinski definition) is 5. The molecule has 0 aliphatic carbocycles. The topological polar surface area (TPSA) is 37.8 Å². The summed E-state index contributed by atoms with van der Waals surface area (Å²) in [4.78, 5) is 10.7. The van der Waals surface area contributed by atoms with Crippen LogP contribution in [0.25, 0.3) is 0 Å². The monoisotopic (exact) mass is 225 g/mol. The lowest BCUT2D eigenvalue weighted by molar-refractivity contribution is 0.605. The molecule has 1 atom stereocenters. The molecule has 2 aromatic rings. The predicted octanol–water partition coefficient (Wildman–Crippen LogP) is 2.10. The second kappa shape index (κ2) is 4.63. The highest BCUT2D eigenvalue weighted by molar-refractivity contribution is 7.10. The zero-order chi connectivity index (χ0) is 9.80. The molecule has 0 radical (unpaired) electrons. The maximum Gasteiger partial charge on any atom is 0.0794 e. The summed E-state index contributed by atoms with van der Waals surface area (Å²) in [5.41, 5.74) is 3.74. The van der Waals surface area contributed by atoms with Gasteiger partial charge in [-0.3, -0.25) is 9.97 Å². The Bertz CT molecular complexity index is 355. The Kier molecular flexibility index (Phi) is 3.23. The van der Waals surface area contributed by atoms with Crippen LogP contribution in [-0.2, 0) is 6.42 Å². The van der Waals surface area contributed by atoms with Crippen LogP contribution in [0, 0.1) is 0 Å². The summed E-state index contributed by atoms with van der Waals surface area (Å²) in [6.45, 7) is 0. The van der Waals surface area contributed by atoms with Crippen LogP contribution in [-0.4, -0.2) is 17.0 Å². The van der Waals surface area contributed by atoms with E-state index in [1.54, 1.807) is 22.7 Å². The maximum absolute atomic E-state index is 4.09. The van der Waals surface area contributed by atoms with Crippen LogP contribution in [0.2, 0.25) is 0 Å². The van der Waals surface area contributed by atoms with Gasteiger partial charge in [-0.1, -0.05) is 0 Å². The molecule has 0 aliphatic rings. The molecule has 2 rings (SSSR count). The van der Waals surface area contributed by atoms with E-state index in [1.165, 1.54) is 9.75 Å². The summed E-state index contributed by atoms with van der Waals surface area (Å²) in [6.07, 6.45) is 4.84. The van der Waals surface area contributed by atoms with Gasteiger partial charge in [0.25, 0.3) is 0 Å². The SMILES string of the molecule is CNC(Cc1cncs1)c1cncs1. The maximum atomic E-state index is 4.09. The lowest BCUT2D eigenvalue weighted by Gasteiger charge is -2.11. The highest BCUT2D eigenvalue weighted by atomic mass is 32.1. The Labute approximate surface area is 90.9 Å². The van der Waals surface area contributed by atoms with Crippen molar-refractivity contribution in [3.63, 3.8) is 0 Å². The molecule has 5 heteroatoms. The molecule has 1 unspecified atom stereocenters. The minimum absolute atomic E-state index is 0.364. The van der Waals surface area contributed by atoms with E-state index in [0.29, 0.717) is 6.04 Å². The van der Waals surface area contributed by atoms with Crippen LogP contribution in [0.5, 0.6) is 0 Å². The van der Waals surface area contributed by atoms with Gasteiger partial charge in [0.2, 0.25) is 0 Å². The van der Waals surface area contributed by atoms with Gasteiger partial charge >= 0.3 is 0 Å². The molecule has 0 saturated heterocycles. The summed E-state index contributed by atoms with van der Waals surface area (Å²) in [6, 6.07) is 0.364. The van der Waals surface area contributed by atoms with Crippen molar-refractivity contribution in [2.24, 2.45) is 0 Å². The zero-order valence-electron chi connectivity index (χ0n) is 7.80. The molecule has 2 aromatic heterocycles. The molecule has 2 heterocycles. The van der Waals surface area contributed by atoms with Gasteiger partial charge in [-0.2, -0.15) is 0 Å². The molecule has 0 aromatic carbocycles. The molecule has 14 heavy (non-hydrogen) atoms. The molecule has 0 fully saturated rings. The number of aromatic nitrogens is 2. The number of thiazole rings is 2. The van der Waals surface area contributed by atoms with Gasteiger partial charge in [-0.25, -0.2) is 0 Å². The predicted molar refractivity (Wildman–Crippen MR) is 59.7 cm³/mol. The highest BCUT2D eigenvalue weighted by Crippen LogP contribution is 2.22. The first-order valence-electron chi connectivity index (χ1n) is 4.33. The lowest BCUT2D eigenvalue weighted by Crippen LogP contribution is -2.17. The lowest BCUT2D eigenvalue weighted by atomic mass is 10.2. The van der Waals surface area contributed by atoms with Crippen LogP contribution in [0.15, 0.2) is 23.4 Å². The molecule has 0 bridgehead atoms. The molecule has 74 valence electrons. The van der Waals surface area contributed by atoms with Crippen molar-refractivity contribution in [1.82, 2.24) is 15.3 Å². The smallest absolute Gasteiger partial charge is 0.0794 e. The van der Waals surface area contributed by atoms with Crippen LogP contribution in [0.4, 0.5) is 0 Å². The third-order valence-electron chi connectivity index (χ3n) is 2.03. The third kappa shape index (κ3) is 2.17. The van der Waals surface area contributed by atoms with Gasteiger partial charge in [-0.15, -0.1) is 22.7 Å². The third-order valence-corrected chi connectivity index (χ3v) is 3.72. The Morgan fingerprint density at radius 3 is 2.64 bits per heavy atom. The molecule has 0 amide bonds. The Morgan fingerprint density at radius 2 is 2.07 bits per heavy atom. The first kappa shape index (κ1) is 9.76. The molecule has 1 N–H and O–H groups in total. The Morgan fingerprint density at radius 1 is 1.29 bits per heavy atom. The summed E-state index contributed by atoms with van der Waals surface area (Å²) >= 11 is 3.39. The van der Waals surface area contributed by atoms with Gasteiger partial charge in [0.05, 0.1) is 11.0 Å². The number of nitrogens with zero attached hydrogens (tertiary/aromatic N) is 2. The fourth-order valence-corrected chi connectivity index (χ4v) is 2.66. The van der Waals surface area contributed by atoms with Crippen molar-refractivity contribution in [2.45, 2.75) is 12.5 Å².